The van der Waals surface area contributed by atoms with Gasteiger partial charge >= 0.3 is 18.5 Å². The molecular weight excluding hydrogens is 693 g/mol. The molecule has 5 aromatic carbocycles. The van der Waals surface area contributed by atoms with Gasteiger partial charge in [-0.25, -0.2) is 0 Å². The fourth-order valence-corrected chi connectivity index (χ4v) is 6.86. The maximum atomic E-state index is 14.1. The van der Waals surface area contributed by atoms with Gasteiger partial charge < -0.3 is 9.13 Å². The second-order valence-corrected chi connectivity index (χ2v) is 12.3. The zero-order valence-corrected chi connectivity index (χ0v) is 26.5. The van der Waals surface area contributed by atoms with Crippen LogP contribution in [-0.2, 0) is 18.5 Å². The Balaban J connectivity index is 1.48. The molecule has 3 heterocycles. The Bertz CT molecular complexity index is 2640. The Labute approximate surface area is 288 Å². The molecule has 0 radical (unpaired) electrons. The number of pyridine rings is 1. The Morgan fingerprint density at radius 3 is 1.44 bits per heavy atom. The minimum Gasteiger partial charge on any atom is -0.309 e. The summed E-state index contributed by atoms with van der Waals surface area (Å²) in [5.74, 6) is 0. The van der Waals surface area contributed by atoms with E-state index in [4.69, 9.17) is 0 Å². The smallest absolute Gasteiger partial charge is 0.309 e. The van der Waals surface area contributed by atoms with Crippen LogP contribution in [0.15, 0.2) is 128 Å². The van der Waals surface area contributed by atoms with Crippen molar-refractivity contribution in [2.24, 2.45) is 0 Å². The van der Waals surface area contributed by atoms with Gasteiger partial charge in [0.1, 0.15) is 0 Å². The van der Waals surface area contributed by atoms with Crippen molar-refractivity contribution >= 4 is 49.2 Å². The number of hydrogen-bond donors (Lipinski definition) is 0. The van der Waals surface area contributed by atoms with Crippen molar-refractivity contribution in [2.75, 3.05) is 0 Å². The summed E-state index contributed by atoms with van der Waals surface area (Å²) in [4.78, 5) is 4.04. The summed E-state index contributed by atoms with van der Waals surface area (Å²) in [6.07, 6.45) is -11.2. The van der Waals surface area contributed by atoms with Crippen molar-refractivity contribution in [3.05, 3.63) is 156 Å². The lowest BCUT2D eigenvalue weighted by atomic mass is 9.97. The molecule has 0 atom stereocenters. The molecule has 0 bridgehead atoms. The number of aromatic nitrogens is 3. The molecule has 52 heavy (non-hydrogen) atoms. The molecular formula is C40H22F9N3. The highest BCUT2D eigenvalue weighted by Gasteiger charge is 2.34. The fourth-order valence-electron chi connectivity index (χ4n) is 6.86. The molecule has 0 saturated heterocycles. The van der Waals surface area contributed by atoms with Gasteiger partial charge in [-0.2, -0.15) is 39.5 Å². The fraction of sp³-hybridized carbons (Fsp3) is 0.0750. The van der Waals surface area contributed by atoms with E-state index in [1.807, 2.05) is 0 Å². The third-order valence-electron chi connectivity index (χ3n) is 9.26. The molecule has 3 aromatic heterocycles. The first-order valence-electron chi connectivity index (χ1n) is 15.7. The highest BCUT2D eigenvalue weighted by molar-refractivity contribution is 6.11. The van der Waals surface area contributed by atoms with Crippen LogP contribution in [0.1, 0.15) is 27.8 Å². The van der Waals surface area contributed by atoms with Gasteiger partial charge in [-0.15, -0.1) is 0 Å². The lowest BCUT2D eigenvalue weighted by Crippen LogP contribution is -2.07. The van der Waals surface area contributed by atoms with Gasteiger partial charge in [-0.3, -0.25) is 4.98 Å². The number of fused-ring (bicyclic) bond motifs is 6. The average molecular weight is 716 g/mol. The Morgan fingerprint density at radius 1 is 0.481 bits per heavy atom. The molecule has 0 saturated carbocycles. The third kappa shape index (κ3) is 5.37. The largest absolute Gasteiger partial charge is 0.416 e. The minimum atomic E-state index is -4.76. The van der Waals surface area contributed by atoms with Gasteiger partial charge in [0, 0.05) is 45.2 Å². The summed E-state index contributed by atoms with van der Waals surface area (Å²) in [5.41, 5.74) is -0.310. The van der Waals surface area contributed by atoms with E-state index in [2.05, 4.69) is 11.6 Å². The molecule has 8 aromatic rings. The molecule has 0 spiro atoms. The van der Waals surface area contributed by atoms with Gasteiger partial charge in [-0.1, -0.05) is 43.0 Å². The Kier molecular flexibility index (Phi) is 7.32. The number of para-hydroxylation sites is 1. The van der Waals surface area contributed by atoms with Gasteiger partial charge in [0.15, 0.2) is 0 Å². The van der Waals surface area contributed by atoms with Crippen molar-refractivity contribution in [2.45, 2.75) is 18.5 Å². The van der Waals surface area contributed by atoms with E-state index in [0.29, 0.717) is 38.7 Å². The number of hydrogen-bond acceptors (Lipinski definition) is 1. The zero-order chi connectivity index (χ0) is 36.7. The van der Waals surface area contributed by atoms with Crippen LogP contribution in [-0.4, -0.2) is 14.1 Å². The van der Waals surface area contributed by atoms with Crippen molar-refractivity contribution in [1.82, 2.24) is 14.1 Å². The van der Waals surface area contributed by atoms with Crippen LogP contribution in [0.5, 0.6) is 0 Å². The summed E-state index contributed by atoms with van der Waals surface area (Å²) >= 11 is 0. The first kappa shape index (κ1) is 33.1. The Morgan fingerprint density at radius 2 is 0.942 bits per heavy atom. The van der Waals surface area contributed by atoms with Gasteiger partial charge in [0.2, 0.25) is 0 Å². The first-order valence-corrected chi connectivity index (χ1v) is 15.7. The van der Waals surface area contributed by atoms with Crippen LogP contribution in [0.4, 0.5) is 39.5 Å². The third-order valence-corrected chi connectivity index (χ3v) is 9.26. The van der Waals surface area contributed by atoms with Crippen molar-refractivity contribution in [3.63, 3.8) is 0 Å². The normalized spacial score (nSPS) is 12.8. The maximum Gasteiger partial charge on any atom is 0.416 e. The van der Waals surface area contributed by atoms with Crippen LogP contribution in [0.2, 0.25) is 0 Å². The van der Waals surface area contributed by atoms with Crippen molar-refractivity contribution < 1.29 is 39.5 Å². The molecule has 0 aliphatic carbocycles. The first-order chi connectivity index (χ1) is 24.6. The molecule has 8 rings (SSSR count). The lowest BCUT2D eigenvalue weighted by Gasteiger charge is -2.19. The predicted octanol–water partition coefficient (Wildman–Crippen LogP) is 12.4. The van der Waals surface area contributed by atoms with E-state index in [0.717, 1.165) is 36.4 Å². The number of alkyl halides is 9. The average Bonchev–Trinajstić information content (AvgIpc) is 3.62. The lowest BCUT2D eigenvalue weighted by molar-refractivity contribution is -0.138. The molecule has 0 unspecified atom stereocenters. The summed E-state index contributed by atoms with van der Waals surface area (Å²) in [6, 6.07) is 24.5. The topological polar surface area (TPSA) is 22.8 Å². The molecule has 12 heteroatoms. The number of nitrogens with zero attached hydrogens (tertiary/aromatic N) is 3. The maximum absolute atomic E-state index is 14.1. The number of benzene rings is 5. The molecule has 260 valence electrons. The molecule has 0 aliphatic heterocycles. The second kappa shape index (κ2) is 11.5. The summed E-state index contributed by atoms with van der Waals surface area (Å²) < 4.78 is 129. The SMILES string of the molecule is C=C(c1ccncc1)c1cc(-n2c3ccccc3c3ccc(C(F)(F)F)cc32)ccc1-n1c2cc(C(F)(F)F)ccc2c2ccc(C(F)(F)F)cc21. The standard InChI is InChI=1S/C40H22F9N3/c1-22(23-14-16-50-17-15-23)32-21-27(51-33-5-3-2-4-28(33)29-10-6-24(18-35(29)51)38(41,42)43)9-13-34(32)52-36-19-25(39(44,45)46)7-11-30(36)31-12-8-26(20-37(31)52)40(47,48)49/h2-21H,1H2. The second-order valence-electron chi connectivity index (χ2n) is 12.3. The molecule has 0 N–H and O–H groups in total. The number of rotatable bonds is 4. The van der Waals surface area contributed by atoms with E-state index in [9.17, 15) is 39.5 Å². The molecule has 3 nitrogen and oxygen atoms in total. The van der Waals surface area contributed by atoms with Crippen LogP contribution in [0.25, 0.3) is 60.6 Å². The van der Waals surface area contributed by atoms with Crippen LogP contribution < -0.4 is 0 Å². The highest BCUT2D eigenvalue weighted by atomic mass is 19.4. The summed E-state index contributed by atoms with van der Waals surface area (Å²) in [5, 5.41) is 1.78. The molecule has 0 amide bonds. The van der Waals surface area contributed by atoms with Crippen molar-refractivity contribution in [3.8, 4) is 11.4 Å². The molecule has 0 fully saturated rings. The quantitative estimate of drug-likeness (QED) is 0.166. The zero-order valence-electron chi connectivity index (χ0n) is 26.5. The Hall–Kier alpha value is -6.04. The predicted molar refractivity (Wildman–Crippen MR) is 182 cm³/mol. The van der Waals surface area contributed by atoms with Gasteiger partial charge in [-0.05, 0) is 83.9 Å². The summed E-state index contributed by atoms with van der Waals surface area (Å²) in [6.45, 7) is 4.27. The van der Waals surface area contributed by atoms with Crippen LogP contribution in [0.3, 0.4) is 0 Å². The van der Waals surface area contributed by atoms with E-state index >= 15 is 0 Å². The van der Waals surface area contributed by atoms with E-state index in [-0.39, 0.29) is 33.0 Å². The van der Waals surface area contributed by atoms with E-state index in [1.54, 1.807) is 53.1 Å². The monoisotopic (exact) mass is 715 g/mol. The van der Waals surface area contributed by atoms with Gasteiger partial charge in [0.25, 0.3) is 0 Å². The summed E-state index contributed by atoms with van der Waals surface area (Å²) in [7, 11) is 0. The van der Waals surface area contributed by atoms with E-state index < -0.39 is 35.2 Å². The number of halogens is 9. The van der Waals surface area contributed by atoms with Gasteiger partial charge in [0.05, 0.1) is 44.4 Å². The highest BCUT2D eigenvalue weighted by Crippen LogP contribution is 2.43. The molecule has 0 aliphatic rings. The van der Waals surface area contributed by atoms with Crippen LogP contribution in [0, 0.1) is 0 Å². The minimum absolute atomic E-state index is 0.00707. The van der Waals surface area contributed by atoms with Crippen molar-refractivity contribution in [1.29, 1.82) is 0 Å². The van der Waals surface area contributed by atoms with Crippen LogP contribution >= 0.6 is 0 Å². The van der Waals surface area contributed by atoms with E-state index in [1.165, 1.54) is 41.2 Å².